The Balaban J connectivity index is 1.11. The van der Waals surface area contributed by atoms with Crippen LogP contribution in [0.5, 0.6) is 5.75 Å². The smallest absolute Gasteiger partial charge is 0.307 e. The number of fused-ring (bicyclic) bond motifs is 2. The van der Waals surface area contributed by atoms with Gasteiger partial charge in [0, 0.05) is 55.3 Å². The highest BCUT2D eigenvalue weighted by atomic mass is 35.5. The van der Waals surface area contributed by atoms with Crippen LogP contribution in [0.3, 0.4) is 0 Å². The highest BCUT2D eigenvalue weighted by Gasteiger charge is 2.38. The molecule has 1 unspecified atom stereocenters. The van der Waals surface area contributed by atoms with E-state index in [1.54, 1.807) is 0 Å². The fourth-order valence-corrected chi connectivity index (χ4v) is 9.68. The minimum atomic E-state index is -0.734. The maximum Gasteiger partial charge on any atom is 0.307 e. The van der Waals surface area contributed by atoms with Crippen molar-refractivity contribution in [2.75, 3.05) is 33.3 Å². The van der Waals surface area contributed by atoms with Crippen LogP contribution < -0.4 is 4.74 Å². The predicted molar refractivity (Wildman–Crippen MR) is 199 cm³/mol. The van der Waals surface area contributed by atoms with Gasteiger partial charge in [-0.25, -0.2) is 4.98 Å². The number of aliphatic carboxylic acids is 1. The molecule has 3 aliphatic rings. The number of aromatic nitrogens is 2. The molecule has 2 aliphatic heterocycles. The number of halogens is 1. The number of hydrogen-bond acceptors (Lipinski definition) is 8. The number of likely N-dealkylation sites (tertiary alicyclic amines) is 1. The van der Waals surface area contributed by atoms with E-state index in [1.165, 1.54) is 17.5 Å². The molecule has 3 atom stereocenters. The normalized spacial score (nSPS) is 20.1. The number of nitrogens with zero attached hydrogens (tertiary/aromatic N) is 5. The molecule has 1 aliphatic carbocycles. The quantitative estimate of drug-likeness (QED) is 0.169. The van der Waals surface area contributed by atoms with Crippen molar-refractivity contribution in [3.63, 3.8) is 0 Å². The SMILES string of the molecule is Cc1c(COc2ccc3c(c2C#N)CC[C@H]3N2CC[C@@H](C(=O)O)C2)cccc1-c1cccc(SC(C)(CO)c2nc3c(n2C)CCN(C)C3)c1Cl. The van der Waals surface area contributed by atoms with Crippen molar-refractivity contribution >= 4 is 29.3 Å². The summed E-state index contributed by atoms with van der Waals surface area (Å²) in [6.07, 6.45) is 3.23. The fraction of sp³-hybridized carbons (Fsp3) is 0.425. The van der Waals surface area contributed by atoms with Crippen molar-refractivity contribution in [1.82, 2.24) is 19.4 Å². The molecule has 9 nitrogen and oxygen atoms in total. The van der Waals surface area contributed by atoms with Crippen LogP contribution >= 0.6 is 23.4 Å². The molecule has 3 aromatic carbocycles. The molecule has 1 fully saturated rings. The van der Waals surface area contributed by atoms with Gasteiger partial charge >= 0.3 is 5.97 Å². The molecule has 4 aromatic rings. The standard InChI is InChI=1S/C40H44ClN5O4S/c1-24-26(22-50-35-14-12-29-28(31(35)19-42)11-13-33(29)46-18-15-25(20-46)38(48)49)7-5-8-27(24)30-9-6-10-36(37(30)41)51-40(2,23-47)39-43-32-21-44(3)17-16-34(32)45(39)4/h5-10,12,14,25,33,47H,11,13,15-18,20-23H2,1-4H3,(H,48,49)/t25-,33-,40?/m1/s1. The second kappa shape index (κ2) is 14.3. The second-order valence-electron chi connectivity index (χ2n) is 14.4. The number of ether oxygens (including phenoxy) is 1. The van der Waals surface area contributed by atoms with Crippen molar-refractivity contribution in [3.8, 4) is 22.9 Å². The van der Waals surface area contributed by atoms with Crippen molar-refractivity contribution in [3.05, 3.63) is 98.6 Å². The number of carboxylic acids is 1. The van der Waals surface area contributed by atoms with E-state index < -0.39 is 10.7 Å². The number of thioether (sulfide) groups is 1. The number of hydrogen-bond donors (Lipinski definition) is 2. The first-order valence-electron chi connectivity index (χ1n) is 17.6. The molecule has 1 saturated heterocycles. The van der Waals surface area contributed by atoms with Crippen molar-refractivity contribution < 1.29 is 19.7 Å². The average Bonchev–Trinajstić information content (AvgIpc) is 3.86. The molecule has 0 amide bonds. The van der Waals surface area contributed by atoms with Gasteiger partial charge in [-0.1, -0.05) is 48.0 Å². The summed E-state index contributed by atoms with van der Waals surface area (Å²) >= 11 is 8.73. The van der Waals surface area contributed by atoms with Crippen LogP contribution in [0.4, 0.5) is 0 Å². The molecule has 0 spiro atoms. The molecule has 2 N–H and O–H groups in total. The van der Waals surface area contributed by atoms with Gasteiger partial charge in [0.05, 0.1) is 33.6 Å². The molecule has 0 bridgehead atoms. The van der Waals surface area contributed by atoms with Gasteiger partial charge < -0.3 is 24.4 Å². The molecule has 266 valence electrons. The van der Waals surface area contributed by atoms with Gasteiger partial charge in [-0.05, 0) is 86.7 Å². The highest BCUT2D eigenvalue weighted by Crippen LogP contribution is 2.47. The number of carbonyl (C=O) groups is 1. The van der Waals surface area contributed by atoms with Crippen LogP contribution in [0.15, 0.2) is 53.4 Å². The lowest BCUT2D eigenvalue weighted by Gasteiger charge is -2.27. The van der Waals surface area contributed by atoms with Crippen molar-refractivity contribution in [1.29, 1.82) is 5.26 Å². The topological polar surface area (TPSA) is 115 Å². The summed E-state index contributed by atoms with van der Waals surface area (Å²) in [6, 6.07) is 18.6. The molecule has 3 heterocycles. The van der Waals surface area contributed by atoms with Gasteiger partial charge in [-0.2, -0.15) is 5.26 Å². The molecule has 0 radical (unpaired) electrons. The van der Waals surface area contributed by atoms with Crippen LogP contribution in [-0.4, -0.2) is 68.8 Å². The summed E-state index contributed by atoms with van der Waals surface area (Å²) in [5.74, 6) is 0.340. The Labute approximate surface area is 308 Å². The molecule has 11 heteroatoms. The lowest BCUT2D eigenvalue weighted by atomic mass is 9.96. The fourth-order valence-electron chi connectivity index (χ4n) is 8.16. The van der Waals surface area contributed by atoms with E-state index >= 15 is 0 Å². The third kappa shape index (κ3) is 6.55. The van der Waals surface area contributed by atoms with Gasteiger partial charge in [0.1, 0.15) is 24.3 Å². The number of aliphatic hydroxyl groups is 1. The Bertz CT molecular complexity index is 2040. The summed E-state index contributed by atoms with van der Waals surface area (Å²) in [5, 5.41) is 31.1. The van der Waals surface area contributed by atoms with Crippen LogP contribution in [0.2, 0.25) is 5.02 Å². The Morgan fingerprint density at radius 3 is 2.65 bits per heavy atom. The Morgan fingerprint density at radius 1 is 1.12 bits per heavy atom. The molecule has 0 saturated carbocycles. The summed E-state index contributed by atoms with van der Waals surface area (Å²) in [5.41, 5.74) is 8.90. The van der Waals surface area contributed by atoms with Gasteiger partial charge in [-0.3, -0.25) is 9.69 Å². The van der Waals surface area contributed by atoms with Gasteiger partial charge in [0.2, 0.25) is 0 Å². The van der Waals surface area contributed by atoms with Gasteiger partial charge in [0.25, 0.3) is 0 Å². The van der Waals surface area contributed by atoms with Gasteiger partial charge in [0.15, 0.2) is 0 Å². The highest BCUT2D eigenvalue weighted by molar-refractivity contribution is 8.00. The van der Waals surface area contributed by atoms with E-state index in [4.69, 9.17) is 21.3 Å². The van der Waals surface area contributed by atoms with E-state index in [9.17, 15) is 20.3 Å². The second-order valence-corrected chi connectivity index (χ2v) is 16.3. The maximum atomic E-state index is 11.6. The first kappa shape index (κ1) is 35.5. The van der Waals surface area contributed by atoms with Crippen LogP contribution in [0.1, 0.15) is 70.8 Å². The molecular weight excluding hydrogens is 682 g/mol. The number of benzene rings is 3. The van der Waals surface area contributed by atoms with Crippen LogP contribution in [-0.2, 0) is 42.6 Å². The molecular formula is C40H44ClN5O4S. The Morgan fingerprint density at radius 2 is 1.90 bits per heavy atom. The monoisotopic (exact) mass is 725 g/mol. The minimum absolute atomic E-state index is 0.0961. The number of likely N-dealkylation sites (N-methyl/N-ethyl adjacent to an activating group) is 1. The number of carboxylic acid groups (broad SMARTS) is 1. The molecule has 51 heavy (non-hydrogen) atoms. The first-order chi connectivity index (χ1) is 24.5. The number of aliphatic hydroxyl groups excluding tert-OH is 1. The molecule has 1 aromatic heterocycles. The van der Waals surface area contributed by atoms with E-state index in [0.717, 1.165) is 88.7 Å². The largest absolute Gasteiger partial charge is 0.488 e. The number of rotatable bonds is 10. The first-order valence-corrected chi connectivity index (χ1v) is 18.8. The summed E-state index contributed by atoms with van der Waals surface area (Å²) in [7, 11) is 4.15. The van der Waals surface area contributed by atoms with E-state index in [1.807, 2.05) is 50.4 Å². The number of nitriles is 1. The number of imidazole rings is 1. The molecule has 7 rings (SSSR count). The maximum absolute atomic E-state index is 11.6. The van der Waals surface area contributed by atoms with E-state index in [2.05, 4.69) is 46.5 Å². The third-order valence-electron chi connectivity index (χ3n) is 11.1. The van der Waals surface area contributed by atoms with Crippen LogP contribution in [0.25, 0.3) is 11.1 Å². The summed E-state index contributed by atoms with van der Waals surface area (Å²) < 4.78 is 7.81. The average molecular weight is 726 g/mol. The Hall–Kier alpha value is -3.85. The lowest BCUT2D eigenvalue weighted by molar-refractivity contribution is -0.141. The van der Waals surface area contributed by atoms with Crippen LogP contribution in [0, 0.1) is 24.2 Å². The zero-order valence-corrected chi connectivity index (χ0v) is 31.2. The lowest BCUT2D eigenvalue weighted by Crippen LogP contribution is -2.28. The van der Waals surface area contributed by atoms with Crippen molar-refractivity contribution in [2.45, 2.75) is 68.4 Å². The Kier molecular flexibility index (Phi) is 9.96. The van der Waals surface area contributed by atoms with E-state index in [0.29, 0.717) is 29.3 Å². The summed E-state index contributed by atoms with van der Waals surface area (Å²) in [6.45, 7) is 7.37. The van der Waals surface area contributed by atoms with E-state index in [-0.39, 0.29) is 25.2 Å². The zero-order valence-electron chi connectivity index (χ0n) is 29.6. The third-order valence-corrected chi connectivity index (χ3v) is 12.9. The summed E-state index contributed by atoms with van der Waals surface area (Å²) in [4.78, 5) is 22.0. The predicted octanol–water partition coefficient (Wildman–Crippen LogP) is 6.88. The minimum Gasteiger partial charge on any atom is -0.488 e. The van der Waals surface area contributed by atoms with Gasteiger partial charge in [-0.15, -0.1) is 11.8 Å². The zero-order chi connectivity index (χ0) is 36.0. The van der Waals surface area contributed by atoms with Crippen molar-refractivity contribution in [2.24, 2.45) is 13.0 Å².